The molecular weight excluding hydrogens is 392 g/mol. The zero-order chi connectivity index (χ0) is 22.4. The molecule has 0 saturated heterocycles. The Morgan fingerprint density at radius 3 is 2.52 bits per heavy atom. The number of carbonyl (C=O) groups is 3. The largest absolute Gasteiger partial charge is 0.458 e. The first kappa shape index (κ1) is 22.7. The van der Waals surface area contributed by atoms with Gasteiger partial charge in [-0.05, 0) is 80.6 Å². The third-order valence-electron chi connectivity index (χ3n) is 9.49. The normalized spacial score (nSPS) is 41.6. The van der Waals surface area contributed by atoms with Crippen LogP contribution >= 0.6 is 0 Å². The number of rotatable bonds is 6. The van der Waals surface area contributed by atoms with E-state index in [1.807, 2.05) is 6.08 Å². The van der Waals surface area contributed by atoms with Gasteiger partial charge in [-0.3, -0.25) is 14.4 Å². The van der Waals surface area contributed by atoms with Gasteiger partial charge in [0.25, 0.3) is 0 Å². The van der Waals surface area contributed by atoms with Crippen molar-refractivity contribution in [1.82, 2.24) is 0 Å². The van der Waals surface area contributed by atoms with Gasteiger partial charge in [0.1, 0.15) is 5.60 Å². The Kier molecular flexibility index (Phi) is 5.95. The zero-order valence-corrected chi connectivity index (χ0v) is 19.6. The molecule has 31 heavy (non-hydrogen) atoms. The van der Waals surface area contributed by atoms with Gasteiger partial charge >= 0.3 is 5.97 Å². The third kappa shape index (κ3) is 3.42. The van der Waals surface area contributed by atoms with Crippen molar-refractivity contribution in [3.8, 4) is 0 Å². The number of hydrogen-bond donors (Lipinski definition) is 0. The highest BCUT2D eigenvalue weighted by molar-refractivity contribution is 5.92. The van der Waals surface area contributed by atoms with Crippen LogP contribution in [0.4, 0.5) is 0 Å². The number of esters is 1. The fraction of sp³-hybridized carbons (Fsp3) is 0.808. The Bertz CT molecular complexity index is 800. The predicted octanol–water partition coefficient (Wildman–Crippen LogP) is 4.82. The van der Waals surface area contributed by atoms with Crippen molar-refractivity contribution in [2.24, 2.45) is 28.6 Å². The van der Waals surface area contributed by atoms with Crippen molar-refractivity contribution in [1.29, 1.82) is 0 Å². The summed E-state index contributed by atoms with van der Waals surface area (Å²) in [6.07, 6.45) is 10.2. The van der Waals surface area contributed by atoms with Crippen LogP contribution in [0.3, 0.4) is 0 Å². The summed E-state index contributed by atoms with van der Waals surface area (Å²) in [5.41, 5.74) is 0.400. The quantitative estimate of drug-likeness (QED) is 0.565. The lowest BCUT2D eigenvalue weighted by Crippen LogP contribution is -2.59. The Morgan fingerprint density at radius 1 is 1.06 bits per heavy atom. The molecule has 3 fully saturated rings. The van der Waals surface area contributed by atoms with E-state index in [1.54, 1.807) is 0 Å². The van der Waals surface area contributed by atoms with Crippen molar-refractivity contribution in [3.63, 3.8) is 0 Å². The molecular formula is C26H38O5. The van der Waals surface area contributed by atoms with Crippen molar-refractivity contribution in [2.45, 2.75) is 91.1 Å². The Balaban J connectivity index is 1.64. The average molecular weight is 431 g/mol. The van der Waals surface area contributed by atoms with Crippen molar-refractivity contribution in [3.05, 3.63) is 11.6 Å². The summed E-state index contributed by atoms with van der Waals surface area (Å²) in [5.74, 6) is 1.36. The SMILES string of the molecule is CCCO[C@]1(C(=O)COC(C)=O)CC[C@H]2[C@@H]3CCC4=CC(=O)CC[C@]4(C)[C@H]3CC[C@@]21C. The minimum absolute atomic E-state index is 0.0644. The molecule has 0 spiro atoms. The summed E-state index contributed by atoms with van der Waals surface area (Å²) >= 11 is 0. The maximum absolute atomic E-state index is 13.5. The van der Waals surface area contributed by atoms with Crippen LogP contribution < -0.4 is 0 Å². The molecule has 172 valence electrons. The molecule has 0 aromatic heterocycles. The summed E-state index contributed by atoms with van der Waals surface area (Å²) in [7, 11) is 0. The average Bonchev–Trinajstić information content (AvgIpc) is 3.04. The molecule has 4 aliphatic rings. The maximum atomic E-state index is 13.5. The minimum atomic E-state index is -0.854. The molecule has 0 N–H and O–H groups in total. The van der Waals surface area contributed by atoms with Crippen LogP contribution in [0.15, 0.2) is 11.6 Å². The van der Waals surface area contributed by atoms with Crippen LogP contribution in [0, 0.1) is 28.6 Å². The topological polar surface area (TPSA) is 69.7 Å². The van der Waals surface area contributed by atoms with Crippen LogP contribution in [0.5, 0.6) is 0 Å². The summed E-state index contributed by atoms with van der Waals surface area (Å²) < 4.78 is 11.6. The molecule has 0 aromatic rings. The number of Topliss-reactive ketones (excluding diaryl/α,β-unsaturated/α-hetero) is 1. The van der Waals surface area contributed by atoms with Gasteiger partial charge in [0.2, 0.25) is 5.78 Å². The number of hydrogen-bond acceptors (Lipinski definition) is 5. The molecule has 0 bridgehead atoms. The van der Waals surface area contributed by atoms with E-state index in [0.717, 1.165) is 51.4 Å². The van der Waals surface area contributed by atoms with Gasteiger partial charge in [0.15, 0.2) is 12.4 Å². The monoisotopic (exact) mass is 430 g/mol. The lowest BCUT2D eigenvalue weighted by atomic mass is 9.46. The highest BCUT2D eigenvalue weighted by atomic mass is 16.5. The highest BCUT2D eigenvalue weighted by Crippen LogP contribution is 2.68. The molecule has 0 aliphatic heterocycles. The van der Waals surface area contributed by atoms with Gasteiger partial charge in [0, 0.05) is 25.4 Å². The summed E-state index contributed by atoms with van der Waals surface area (Å²) in [6, 6.07) is 0. The van der Waals surface area contributed by atoms with E-state index in [9.17, 15) is 14.4 Å². The van der Waals surface area contributed by atoms with Gasteiger partial charge in [0.05, 0.1) is 0 Å². The lowest BCUT2D eigenvalue weighted by molar-refractivity contribution is -0.182. The molecule has 4 aliphatic carbocycles. The first-order chi connectivity index (χ1) is 14.7. The van der Waals surface area contributed by atoms with Crippen molar-refractivity contribution in [2.75, 3.05) is 13.2 Å². The molecule has 0 unspecified atom stereocenters. The Morgan fingerprint density at radius 2 is 1.81 bits per heavy atom. The molecule has 5 heteroatoms. The second-order valence-corrected chi connectivity index (χ2v) is 10.8. The second-order valence-electron chi connectivity index (χ2n) is 10.8. The molecule has 4 rings (SSSR count). The fourth-order valence-corrected chi connectivity index (χ4v) is 7.89. The van der Waals surface area contributed by atoms with E-state index >= 15 is 0 Å². The second kappa shape index (κ2) is 8.13. The summed E-state index contributed by atoms with van der Waals surface area (Å²) in [6.45, 7) is 8.42. The number of fused-ring (bicyclic) bond motifs is 5. The molecule has 0 aromatic carbocycles. The van der Waals surface area contributed by atoms with E-state index in [-0.39, 0.29) is 29.0 Å². The molecule has 3 saturated carbocycles. The number of ketones is 2. The van der Waals surface area contributed by atoms with E-state index in [0.29, 0.717) is 30.8 Å². The van der Waals surface area contributed by atoms with Crippen LogP contribution in [0.1, 0.15) is 85.5 Å². The standard InChI is InChI=1S/C26H38O5/c1-5-14-31-26(23(29)16-30-17(2)27)13-10-22-20-7-6-18-15-19(28)8-11-24(18,3)21(20)9-12-25(22,26)4/h15,20-22H,5-14,16H2,1-4H3/t20-,21+,22+,24+,25+,26+/m1/s1. The first-order valence-electron chi connectivity index (χ1n) is 12.2. The van der Waals surface area contributed by atoms with E-state index in [1.165, 1.54) is 12.5 Å². The number of ether oxygens (including phenoxy) is 2. The molecule has 0 amide bonds. The van der Waals surface area contributed by atoms with Crippen LogP contribution in [0.25, 0.3) is 0 Å². The van der Waals surface area contributed by atoms with Gasteiger partial charge in [-0.1, -0.05) is 26.3 Å². The number of allylic oxidation sites excluding steroid dienone is 1. The Hall–Kier alpha value is -1.49. The van der Waals surface area contributed by atoms with Gasteiger partial charge in [-0.25, -0.2) is 0 Å². The van der Waals surface area contributed by atoms with Gasteiger partial charge < -0.3 is 9.47 Å². The summed E-state index contributed by atoms with van der Waals surface area (Å²) in [4.78, 5) is 36.9. The van der Waals surface area contributed by atoms with Crippen molar-refractivity contribution < 1.29 is 23.9 Å². The van der Waals surface area contributed by atoms with E-state index in [4.69, 9.17) is 9.47 Å². The van der Waals surface area contributed by atoms with E-state index in [2.05, 4.69) is 20.8 Å². The summed E-state index contributed by atoms with van der Waals surface area (Å²) in [5, 5.41) is 0. The fourth-order valence-electron chi connectivity index (χ4n) is 7.89. The van der Waals surface area contributed by atoms with E-state index < -0.39 is 11.6 Å². The molecule has 0 heterocycles. The van der Waals surface area contributed by atoms with Crippen LogP contribution in [-0.2, 0) is 23.9 Å². The number of carbonyl (C=O) groups excluding carboxylic acids is 3. The highest BCUT2D eigenvalue weighted by Gasteiger charge is 2.67. The van der Waals surface area contributed by atoms with Crippen molar-refractivity contribution >= 4 is 17.5 Å². The van der Waals surface area contributed by atoms with Gasteiger partial charge in [-0.2, -0.15) is 0 Å². The maximum Gasteiger partial charge on any atom is 0.303 e. The Labute approximate surface area is 186 Å². The third-order valence-corrected chi connectivity index (χ3v) is 9.49. The van der Waals surface area contributed by atoms with Gasteiger partial charge in [-0.15, -0.1) is 0 Å². The zero-order valence-electron chi connectivity index (χ0n) is 19.6. The molecule has 5 nitrogen and oxygen atoms in total. The molecule has 0 radical (unpaired) electrons. The van der Waals surface area contributed by atoms with Crippen LogP contribution in [0.2, 0.25) is 0 Å². The molecule has 6 atom stereocenters. The lowest BCUT2D eigenvalue weighted by Gasteiger charge is -2.59. The smallest absolute Gasteiger partial charge is 0.303 e. The predicted molar refractivity (Wildman–Crippen MR) is 117 cm³/mol. The minimum Gasteiger partial charge on any atom is -0.458 e. The first-order valence-corrected chi connectivity index (χ1v) is 12.2. The van der Waals surface area contributed by atoms with Crippen LogP contribution in [-0.4, -0.2) is 36.4 Å².